The van der Waals surface area contributed by atoms with Crippen LogP contribution in [0, 0.1) is 6.92 Å². The lowest BCUT2D eigenvalue weighted by molar-refractivity contribution is 0.0944. The summed E-state index contributed by atoms with van der Waals surface area (Å²) in [7, 11) is 0. The van der Waals surface area contributed by atoms with Crippen LogP contribution in [0.25, 0.3) is 22.2 Å². The van der Waals surface area contributed by atoms with Crippen molar-refractivity contribution in [3.05, 3.63) is 53.3 Å². The summed E-state index contributed by atoms with van der Waals surface area (Å²) in [6.07, 6.45) is 4.87. The van der Waals surface area contributed by atoms with Gasteiger partial charge in [-0.05, 0) is 86.5 Å². The molecule has 0 radical (unpaired) electrons. The average Bonchev–Trinajstić information content (AvgIpc) is 3.13. The molecular weight excluding hydrogens is 370 g/mol. The zero-order valence-corrected chi connectivity index (χ0v) is 18.8. The monoisotopic (exact) mass is 405 g/mol. The number of hydrogen-bond acceptors (Lipinski definition) is 3. The Bertz CT molecular complexity index is 999. The number of pyridine rings is 1. The number of likely N-dealkylation sites (tertiary alicyclic amines) is 1. The molecule has 1 aliphatic heterocycles. The number of aromatic nitrogens is 2. The first-order chi connectivity index (χ1) is 14.5. The number of aliphatic hydroxyl groups excluding tert-OH is 1. The number of nitrogens with one attached hydrogen (secondary N) is 1. The molecule has 30 heavy (non-hydrogen) atoms. The standard InChI is InChI=1S/C26H35N3O/c1-5-22(30)16-29-12-9-19(10-13-29)20-6-7-24-23(15-20)25(17(2)3)26(28-24)21-8-11-27-18(4)14-21/h6-8,11,14-15,17,19,22,28,30H,5,9-10,12-13,16H2,1-4H3. The first-order valence-corrected chi connectivity index (χ1v) is 11.4. The van der Waals surface area contributed by atoms with Gasteiger partial charge < -0.3 is 15.0 Å². The van der Waals surface area contributed by atoms with E-state index >= 15 is 0 Å². The maximum atomic E-state index is 9.96. The van der Waals surface area contributed by atoms with Gasteiger partial charge in [-0.1, -0.05) is 26.8 Å². The van der Waals surface area contributed by atoms with Crippen LogP contribution in [0.3, 0.4) is 0 Å². The minimum absolute atomic E-state index is 0.193. The molecule has 4 nitrogen and oxygen atoms in total. The summed E-state index contributed by atoms with van der Waals surface area (Å²) in [5.41, 5.74) is 7.56. The van der Waals surface area contributed by atoms with Gasteiger partial charge in [-0.3, -0.25) is 4.98 Å². The minimum atomic E-state index is -0.193. The molecule has 0 amide bonds. The van der Waals surface area contributed by atoms with Crippen LogP contribution >= 0.6 is 0 Å². The fourth-order valence-electron chi connectivity index (χ4n) is 4.89. The Balaban J connectivity index is 1.62. The van der Waals surface area contributed by atoms with E-state index < -0.39 is 0 Å². The Morgan fingerprint density at radius 3 is 2.60 bits per heavy atom. The highest BCUT2D eigenvalue weighted by Gasteiger charge is 2.23. The number of H-pyrrole nitrogens is 1. The van der Waals surface area contributed by atoms with Gasteiger partial charge in [-0.25, -0.2) is 0 Å². The zero-order chi connectivity index (χ0) is 21.3. The first-order valence-electron chi connectivity index (χ1n) is 11.4. The van der Waals surface area contributed by atoms with Crippen molar-refractivity contribution in [2.24, 2.45) is 0 Å². The number of aryl methyl sites for hydroxylation is 1. The van der Waals surface area contributed by atoms with Gasteiger partial charge in [0.1, 0.15) is 0 Å². The minimum Gasteiger partial charge on any atom is -0.392 e. The first kappa shape index (κ1) is 21.1. The third-order valence-electron chi connectivity index (χ3n) is 6.62. The number of piperidine rings is 1. The normalized spacial score (nSPS) is 17.1. The van der Waals surface area contributed by atoms with Crippen molar-refractivity contribution < 1.29 is 5.11 Å². The maximum absolute atomic E-state index is 9.96. The lowest BCUT2D eigenvalue weighted by Gasteiger charge is -2.33. The molecule has 3 heterocycles. The van der Waals surface area contributed by atoms with E-state index in [0.717, 1.165) is 31.7 Å². The van der Waals surface area contributed by atoms with Gasteiger partial charge in [0.05, 0.1) is 11.8 Å². The molecule has 1 aromatic carbocycles. The molecule has 0 aliphatic carbocycles. The summed E-state index contributed by atoms with van der Waals surface area (Å²) in [5, 5.41) is 11.3. The molecule has 0 spiro atoms. The second-order valence-corrected chi connectivity index (χ2v) is 9.20. The van der Waals surface area contributed by atoms with Gasteiger partial charge in [-0.15, -0.1) is 0 Å². The number of β-amino-alcohol motifs (C(OH)–C–C–N with tert-alkyl or cyclic N) is 1. The predicted octanol–water partition coefficient (Wildman–Crippen LogP) is 5.61. The number of nitrogens with zero attached hydrogens (tertiary/aromatic N) is 2. The maximum Gasteiger partial charge on any atom is 0.0664 e. The van der Waals surface area contributed by atoms with Crippen molar-refractivity contribution in [1.82, 2.24) is 14.9 Å². The summed E-state index contributed by atoms with van der Waals surface area (Å²) in [5.74, 6) is 1.04. The van der Waals surface area contributed by atoms with Gasteiger partial charge in [0.25, 0.3) is 0 Å². The number of benzene rings is 1. The van der Waals surface area contributed by atoms with Crippen molar-refractivity contribution in [2.45, 2.75) is 64.9 Å². The third-order valence-corrected chi connectivity index (χ3v) is 6.62. The number of aromatic amines is 1. The van der Waals surface area contributed by atoms with E-state index in [1.165, 1.54) is 46.1 Å². The van der Waals surface area contributed by atoms with Gasteiger partial charge in [0.15, 0.2) is 0 Å². The smallest absolute Gasteiger partial charge is 0.0664 e. The molecule has 2 aromatic heterocycles. The molecule has 1 fully saturated rings. The Labute approximate surface area is 180 Å². The van der Waals surface area contributed by atoms with E-state index in [1.54, 1.807) is 0 Å². The highest BCUT2D eigenvalue weighted by Crippen LogP contribution is 2.38. The van der Waals surface area contributed by atoms with Gasteiger partial charge in [0.2, 0.25) is 0 Å². The van der Waals surface area contributed by atoms with Crippen molar-refractivity contribution in [2.75, 3.05) is 19.6 Å². The quantitative estimate of drug-likeness (QED) is 0.560. The average molecular weight is 406 g/mol. The molecule has 2 N–H and O–H groups in total. The SMILES string of the molecule is CCC(O)CN1CCC(c2ccc3[nH]c(-c4ccnc(C)c4)c(C(C)C)c3c2)CC1. The van der Waals surface area contributed by atoms with Crippen LogP contribution in [0.2, 0.25) is 0 Å². The molecular formula is C26H35N3O. The molecule has 0 bridgehead atoms. The van der Waals surface area contributed by atoms with Crippen molar-refractivity contribution >= 4 is 10.9 Å². The van der Waals surface area contributed by atoms with E-state index in [-0.39, 0.29) is 6.10 Å². The summed E-state index contributed by atoms with van der Waals surface area (Å²) < 4.78 is 0. The summed E-state index contributed by atoms with van der Waals surface area (Å²) in [6.45, 7) is 11.6. The van der Waals surface area contributed by atoms with E-state index in [2.05, 4.69) is 66.0 Å². The van der Waals surface area contributed by atoms with Gasteiger partial charge >= 0.3 is 0 Å². The lowest BCUT2D eigenvalue weighted by atomic mass is 9.87. The van der Waals surface area contributed by atoms with Crippen molar-refractivity contribution in [3.63, 3.8) is 0 Å². The van der Waals surface area contributed by atoms with Crippen molar-refractivity contribution in [1.29, 1.82) is 0 Å². The van der Waals surface area contributed by atoms with Crippen molar-refractivity contribution in [3.8, 4) is 11.3 Å². The van der Waals surface area contributed by atoms with Crippen LogP contribution in [0.15, 0.2) is 36.5 Å². The van der Waals surface area contributed by atoms with E-state index in [1.807, 2.05) is 13.1 Å². The van der Waals surface area contributed by atoms with Crippen LogP contribution < -0.4 is 0 Å². The number of hydrogen-bond donors (Lipinski definition) is 2. The molecule has 1 unspecified atom stereocenters. The van der Waals surface area contributed by atoms with Crippen LogP contribution in [0.4, 0.5) is 0 Å². The molecule has 4 rings (SSSR count). The summed E-state index contributed by atoms with van der Waals surface area (Å²) in [4.78, 5) is 10.5. The number of rotatable bonds is 6. The Morgan fingerprint density at radius 1 is 1.17 bits per heavy atom. The third kappa shape index (κ3) is 4.30. The second-order valence-electron chi connectivity index (χ2n) is 9.20. The molecule has 160 valence electrons. The molecule has 4 heteroatoms. The fraction of sp³-hybridized carbons (Fsp3) is 0.500. The van der Waals surface area contributed by atoms with Crippen LogP contribution in [-0.2, 0) is 0 Å². The second kappa shape index (κ2) is 8.91. The summed E-state index contributed by atoms with van der Waals surface area (Å²) in [6, 6.07) is 11.3. The van der Waals surface area contributed by atoms with Crippen LogP contribution in [0.5, 0.6) is 0 Å². The van der Waals surface area contributed by atoms with E-state index in [0.29, 0.717) is 11.8 Å². The molecule has 0 saturated carbocycles. The molecule has 1 saturated heterocycles. The molecule has 1 atom stereocenters. The Hall–Kier alpha value is -2.17. The number of fused-ring (bicyclic) bond motifs is 1. The largest absolute Gasteiger partial charge is 0.392 e. The Kier molecular flexibility index (Phi) is 6.26. The van der Waals surface area contributed by atoms with E-state index in [9.17, 15) is 5.11 Å². The molecule has 3 aromatic rings. The highest BCUT2D eigenvalue weighted by atomic mass is 16.3. The van der Waals surface area contributed by atoms with E-state index in [4.69, 9.17) is 0 Å². The van der Waals surface area contributed by atoms with Crippen LogP contribution in [-0.4, -0.2) is 45.7 Å². The zero-order valence-electron chi connectivity index (χ0n) is 18.8. The molecule has 1 aliphatic rings. The number of aliphatic hydroxyl groups is 1. The Morgan fingerprint density at radius 2 is 1.93 bits per heavy atom. The topological polar surface area (TPSA) is 52.1 Å². The predicted molar refractivity (Wildman–Crippen MR) is 125 cm³/mol. The van der Waals surface area contributed by atoms with Gasteiger partial charge in [-0.2, -0.15) is 0 Å². The van der Waals surface area contributed by atoms with Gasteiger partial charge in [0, 0.05) is 34.9 Å². The fourth-order valence-corrected chi connectivity index (χ4v) is 4.89. The lowest BCUT2D eigenvalue weighted by Crippen LogP contribution is -2.38. The highest BCUT2D eigenvalue weighted by molar-refractivity contribution is 5.92. The summed E-state index contributed by atoms with van der Waals surface area (Å²) >= 11 is 0. The van der Waals surface area contributed by atoms with Crippen LogP contribution in [0.1, 0.15) is 68.7 Å².